The molecule has 0 fully saturated rings. The Kier molecular flexibility index (Phi) is 4.82. The summed E-state index contributed by atoms with van der Waals surface area (Å²) in [6.45, 7) is 0.648. The van der Waals surface area contributed by atoms with Crippen LogP contribution in [-0.2, 0) is 12.6 Å². The van der Waals surface area contributed by atoms with Gasteiger partial charge in [0, 0.05) is 23.7 Å². The molecule has 0 amide bonds. The van der Waals surface area contributed by atoms with Gasteiger partial charge in [0.15, 0.2) is 0 Å². The lowest BCUT2D eigenvalue weighted by molar-refractivity contribution is -0.137. The van der Waals surface area contributed by atoms with E-state index in [9.17, 15) is 13.2 Å². The minimum atomic E-state index is -4.48. The predicted molar refractivity (Wildman–Crippen MR) is 104 cm³/mol. The lowest BCUT2D eigenvalue weighted by atomic mass is 10.1. The van der Waals surface area contributed by atoms with Crippen molar-refractivity contribution >= 4 is 17.4 Å². The molecule has 1 N–H and O–H groups in total. The molecule has 1 aromatic heterocycles. The summed E-state index contributed by atoms with van der Waals surface area (Å²) in [4.78, 5) is 0. The summed E-state index contributed by atoms with van der Waals surface area (Å²) in [7, 11) is 3.10. The molecule has 0 atom stereocenters. The normalized spacial score (nSPS) is 13.2. The van der Waals surface area contributed by atoms with E-state index in [-0.39, 0.29) is 10.7 Å². The van der Waals surface area contributed by atoms with Gasteiger partial charge in [-0.1, -0.05) is 11.6 Å². The van der Waals surface area contributed by atoms with Crippen LogP contribution in [0.1, 0.15) is 11.1 Å². The largest absolute Gasteiger partial charge is 0.497 e. The van der Waals surface area contributed by atoms with E-state index in [1.165, 1.54) is 17.9 Å². The van der Waals surface area contributed by atoms with Crippen molar-refractivity contribution in [2.45, 2.75) is 12.6 Å². The zero-order chi connectivity index (χ0) is 20.8. The summed E-state index contributed by atoms with van der Waals surface area (Å²) in [6.07, 6.45) is -3.80. The van der Waals surface area contributed by atoms with Gasteiger partial charge in [0.05, 0.1) is 30.5 Å². The first-order valence-electron chi connectivity index (χ1n) is 8.78. The SMILES string of the molecule is COc1ccc(-c2nn(-c3cc(C(F)(F)F)ccc3Cl)c3c2CCN3)c(OC)c1. The van der Waals surface area contributed by atoms with E-state index >= 15 is 0 Å². The maximum atomic E-state index is 13.2. The summed E-state index contributed by atoms with van der Waals surface area (Å²) in [6, 6.07) is 8.53. The molecule has 29 heavy (non-hydrogen) atoms. The Morgan fingerprint density at radius 3 is 2.59 bits per heavy atom. The third-order valence-electron chi connectivity index (χ3n) is 4.82. The Bertz CT molecular complexity index is 1080. The molecule has 4 rings (SSSR count). The van der Waals surface area contributed by atoms with Crippen molar-refractivity contribution in [1.29, 1.82) is 0 Å². The van der Waals surface area contributed by atoms with E-state index in [4.69, 9.17) is 21.1 Å². The minimum absolute atomic E-state index is 0.158. The van der Waals surface area contributed by atoms with Crippen molar-refractivity contribution in [1.82, 2.24) is 9.78 Å². The zero-order valence-corrected chi connectivity index (χ0v) is 16.4. The highest BCUT2D eigenvalue weighted by Crippen LogP contribution is 2.41. The molecule has 1 aliphatic rings. The Hall–Kier alpha value is -2.87. The number of halogens is 4. The highest BCUT2D eigenvalue weighted by Gasteiger charge is 2.32. The standard InChI is InChI=1S/C20H17ClF3N3O2/c1-28-12-4-5-13(17(10-12)29-2)18-14-7-8-25-19(14)27(26-18)16-9-11(20(22,23)24)3-6-15(16)21/h3-6,9-10,25H,7-8H2,1-2H3. The number of anilines is 1. The van der Waals surface area contributed by atoms with Crippen LogP contribution in [-0.4, -0.2) is 30.5 Å². The van der Waals surface area contributed by atoms with E-state index < -0.39 is 11.7 Å². The van der Waals surface area contributed by atoms with E-state index in [1.807, 2.05) is 6.07 Å². The smallest absolute Gasteiger partial charge is 0.416 e. The quantitative estimate of drug-likeness (QED) is 0.627. The number of rotatable bonds is 4. The van der Waals surface area contributed by atoms with E-state index in [0.29, 0.717) is 36.0 Å². The molecule has 0 unspecified atom stereocenters. The van der Waals surface area contributed by atoms with Gasteiger partial charge >= 0.3 is 6.18 Å². The minimum Gasteiger partial charge on any atom is -0.497 e. The van der Waals surface area contributed by atoms with Crippen molar-refractivity contribution in [2.75, 3.05) is 26.1 Å². The van der Waals surface area contributed by atoms with Gasteiger partial charge in [0.25, 0.3) is 0 Å². The van der Waals surface area contributed by atoms with E-state index in [0.717, 1.165) is 23.3 Å². The Balaban J connectivity index is 1.90. The van der Waals surface area contributed by atoms with E-state index in [2.05, 4.69) is 10.4 Å². The molecular formula is C20H17ClF3N3O2. The predicted octanol–water partition coefficient (Wildman–Crippen LogP) is 5.20. The van der Waals surface area contributed by atoms with Gasteiger partial charge in [0.2, 0.25) is 0 Å². The third kappa shape index (κ3) is 3.37. The van der Waals surface area contributed by atoms with Crippen LogP contribution >= 0.6 is 11.6 Å². The summed E-state index contributed by atoms with van der Waals surface area (Å²) < 4.78 is 51.8. The summed E-state index contributed by atoms with van der Waals surface area (Å²) in [5.74, 6) is 1.80. The monoisotopic (exact) mass is 423 g/mol. The second-order valence-electron chi connectivity index (χ2n) is 6.49. The molecule has 0 saturated carbocycles. The van der Waals surface area contributed by atoms with Crippen LogP contribution in [0.25, 0.3) is 16.9 Å². The molecule has 0 radical (unpaired) electrons. The molecule has 152 valence electrons. The van der Waals surface area contributed by atoms with Crippen LogP contribution in [0.3, 0.4) is 0 Å². The van der Waals surface area contributed by atoms with Crippen molar-refractivity contribution in [2.24, 2.45) is 0 Å². The number of nitrogens with zero attached hydrogens (tertiary/aromatic N) is 2. The molecular weight excluding hydrogens is 407 g/mol. The molecule has 0 aliphatic carbocycles. The first-order valence-corrected chi connectivity index (χ1v) is 9.16. The fourth-order valence-corrected chi connectivity index (χ4v) is 3.61. The molecule has 3 aromatic rings. The number of ether oxygens (including phenoxy) is 2. The van der Waals surface area contributed by atoms with Crippen LogP contribution in [0.5, 0.6) is 11.5 Å². The van der Waals surface area contributed by atoms with Crippen molar-refractivity contribution in [3.05, 3.63) is 52.5 Å². The van der Waals surface area contributed by atoms with Crippen LogP contribution < -0.4 is 14.8 Å². The van der Waals surface area contributed by atoms with Gasteiger partial charge in [-0.15, -0.1) is 0 Å². The average molecular weight is 424 g/mol. The first-order chi connectivity index (χ1) is 13.8. The van der Waals surface area contributed by atoms with Gasteiger partial charge in [-0.25, -0.2) is 4.68 Å². The summed E-state index contributed by atoms with van der Waals surface area (Å²) >= 11 is 6.24. The lowest BCUT2D eigenvalue weighted by Gasteiger charge is -2.12. The summed E-state index contributed by atoms with van der Waals surface area (Å²) in [5.41, 5.74) is 1.60. The highest BCUT2D eigenvalue weighted by molar-refractivity contribution is 6.32. The fourth-order valence-electron chi connectivity index (χ4n) is 3.41. The molecule has 0 saturated heterocycles. The van der Waals surface area contributed by atoms with Crippen LogP contribution in [0.15, 0.2) is 36.4 Å². The van der Waals surface area contributed by atoms with Crippen molar-refractivity contribution in [3.63, 3.8) is 0 Å². The lowest BCUT2D eigenvalue weighted by Crippen LogP contribution is -2.09. The Morgan fingerprint density at radius 2 is 1.90 bits per heavy atom. The Labute approximate surface area is 170 Å². The Morgan fingerprint density at radius 1 is 1.10 bits per heavy atom. The maximum Gasteiger partial charge on any atom is 0.416 e. The van der Waals surface area contributed by atoms with Crippen LogP contribution in [0, 0.1) is 0 Å². The number of hydrogen-bond acceptors (Lipinski definition) is 4. The van der Waals surface area contributed by atoms with Gasteiger partial charge < -0.3 is 14.8 Å². The number of fused-ring (bicyclic) bond motifs is 1. The molecule has 2 heterocycles. The van der Waals surface area contributed by atoms with Crippen LogP contribution in [0.2, 0.25) is 5.02 Å². The van der Waals surface area contributed by atoms with Gasteiger partial charge in [0.1, 0.15) is 23.0 Å². The maximum absolute atomic E-state index is 13.2. The molecule has 0 bridgehead atoms. The molecule has 2 aromatic carbocycles. The van der Waals surface area contributed by atoms with Gasteiger partial charge in [-0.05, 0) is 36.8 Å². The molecule has 9 heteroatoms. The number of benzene rings is 2. The number of methoxy groups -OCH3 is 2. The first kappa shape index (κ1) is 19.4. The second-order valence-corrected chi connectivity index (χ2v) is 6.90. The number of nitrogens with one attached hydrogen (secondary N) is 1. The van der Waals surface area contributed by atoms with E-state index in [1.54, 1.807) is 19.2 Å². The van der Waals surface area contributed by atoms with Gasteiger partial charge in [-0.2, -0.15) is 18.3 Å². The topological polar surface area (TPSA) is 48.3 Å². The van der Waals surface area contributed by atoms with Gasteiger partial charge in [-0.3, -0.25) is 0 Å². The molecule has 0 spiro atoms. The zero-order valence-electron chi connectivity index (χ0n) is 15.6. The molecule has 5 nitrogen and oxygen atoms in total. The molecule has 1 aliphatic heterocycles. The second kappa shape index (κ2) is 7.18. The fraction of sp³-hybridized carbons (Fsp3) is 0.250. The van der Waals surface area contributed by atoms with Crippen molar-refractivity contribution < 1.29 is 22.6 Å². The van der Waals surface area contributed by atoms with Crippen LogP contribution in [0.4, 0.5) is 19.0 Å². The average Bonchev–Trinajstić information content (AvgIpc) is 3.30. The number of aromatic nitrogens is 2. The third-order valence-corrected chi connectivity index (χ3v) is 5.14. The summed E-state index contributed by atoms with van der Waals surface area (Å²) in [5, 5.41) is 7.97. The highest BCUT2D eigenvalue weighted by atomic mass is 35.5. The number of hydrogen-bond donors (Lipinski definition) is 1. The van der Waals surface area contributed by atoms with Crippen molar-refractivity contribution in [3.8, 4) is 28.4 Å². The number of alkyl halides is 3.